The predicted molar refractivity (Wildman–Crippen MR) is 70.4 cm³/mol. The Morgan fingerprint density at radius 3 is 2.44 bits per heavy atom. The van der Waals surface area contributed by atoms with E-state index in [0.29, 0.717) is 11.8 Å². The fourth-order valence-corrected chi connectivity index (χ4v) is 2.14. The van der Waals surface area contributed by atoms with Crippen LogP contribution in [0.15, 0.2) is 24.3 Å². The monoisotopic (exact) mass is 240 g/mol. The van der Waals surface area contributed by atoms with Gasteiger partial charge in [-0.25, -0.2) is 0 Å². The number of hydrogen-bond acceptors (Lipinski definition) is 1. The van der Waals surface area contributed by atoms with Crippen molar-refractivity contribution < 1.29 is 4.74 Å². The van der Waals surface area contributed by atoms with Crippen LogP contribution in [0.3, 0.4) is 0 Å². The Hall–Kier alpha value is -0.530. The van der Waals surface area contributed by atoms with Crippen molar-refractivity contribution in [2.24, 2.45) is 0 Å². The topological polar surface area (TPSA) is 9.23 Å². The molecule has 1 atom stereocenters. The zero-order chi connectivity index (χ0) is 11.8. The number of aryl methyl sites for hydroxylation is 1. The molecule has 0 amide bonds. The summed E-state index contributed by atoms with van der Waals surface area (Å²) in [4.78, 5) is 0. The molecule has 0 saturated heterocycles. The van der Waals surface area contributed by atoms with Crippen molar-refractivity contribution >= 4 is 11.6 Å². The van der Waals surface area contributed by atoms with Crippen LogP contribution in [0.25, 0.3) is 0 Å². The average molecular weight is 241 g/mol. The molecule has 0 N–H and O–H groups in total. The van der Waals surface area contributed by atoms with E-state index >= 15 is 0 Å². The normalized spacial score (nSPS) is 12.7. The molecular weight excluding hydrogens is 220 g/mol. The number of ether oxygens (including phenoxy) is 1. The summed E-state index contributed by atoms with van der Waals surface area (Å²) >= 11 is 6.02. The third-order valence-corrected chi connectivity index (χ3v) is 3.26. The lowest BCUT2D eigenvalue weighted by atomic mass is 9.95. The Labute approximate surface area is 104 Å². The van der Waals surface area contributed by atoms with Gasteiger partial charge in [-0.1, -0.05) is 36.2 Å². The van der Waals surface area contributed by atoms with Crippen LogP contribution in [0.1, 0.15) is 36.3 Å². The average Bonchev–Trinajstić information content (AvgIpc) is 2.31. The van der Waals surface area contributed by atoms with Crippen molar-refractivity contribution in [2.75, 3.05) is 19.6 Å². The summed E-state index contributed by atoms with van der Waals surface area (Å²) in [7, 11) is 1.75. The molecular formula is C14H21ClO. The zero-order valence-corrected chi connectivity index (χ0v) is 11.0. The van der Waals surface area contributed by atoms with Gasteiger partial charge in [0.1, 0.15) is 0 Å². The predicted octanol–water partition coefficient (Wildman–Crippen LogP) is 4.13. The standard InChI is InChI=1S/C14H21ClO/c1-12-6-8-13(9-7-12)14(11-15)5-3-4-10-16-2/h6-9,14H,3-5,10-11H2,1-2H3. The molecule has 16 heavy (non-hydrogen) atoms. The zero-order valence-electron chi connectivity index (χ0n) is 10.2. The first-order chi connectivity index (χ1) is 7.77. The molecule has 0 spiro atoms. The number of methoxy groups -OCH3 is 1. The summed E-state index contributed by atoms with van der Waals surface area (Å²) < 4.78 is 5.05. The fourth-order valence-electron chi connectivity index (χ4n) is 1.81. The first kappa shape index (κ1) is 13.5. The minimum Gasteiger partial charge on any atom is -0.385 e. The summed E-state index contributed by atoms with van der Waals surface area (Å²) in [6, 6.07) is 8.70. The molecule has 0 radical (unpaired) electrons. The summed E-state index contributed by atoms with van der Waals surface area (Å²) in [5.41, 5.74) is 2.66. The maximum atomic E-state index is 6.02. The summed E-state index contributed by atoms with van der Waals surface area (Å²) in [6.07, 6.45) is 3.45. The molecule has 0 heterocycles. The molecule has 0 aliphatic rings. The summed E-state index contributed by atoms with van der Waals surface area (Å²) in [5.74, 6) is 1.19. The van der Waals surface area contributed by atoms with Crippen molar-refractivity contribution in [3.05, 3.63) is 35.4 Å². The van der Waals surface area contributed by atoms with Crippen molar-refractivity contribution in [3.8, 4) is 0 Å². The Bertz CT molecular complexity index is 281. The van der Waals surface area contributed by atoms with Gasteiger partial charge in [0.25, 0.3) is 0 Å². The minimum absolute atomic E-state index is 0.485. The second-order valence-corrected chi connectivity index (χ2v) is 4.56. The van der Waals surface area contributed by atoms with Crippen molar-refractivity contribution in [3.63, 3.8) is 0 Å². The van der Waals surface area contributed by atoms with Crippen molar-refractivity contribution in [2.45, 2.75) is 32.1 Å². The summed E-state index contributed by atoms with van der Waals surface area (Å²) in [6.45, 7) is 2.96. The lowest BCUT2D eigenvalue weighted by Gasteiger charge is -2.14. The van der Waals surface area contributed by atoms with Gasteiger partial charge in [-0.05, 0) is 31.2 Å². The Morgan fingerprint density at radius 1 is 1.19 bits per heavy atom. The van der Waals surface area contributed by atoms with Crippen LogP contribution in [0, 0.1) is 6.92 Å². The van der Waals surface area contributed by atoms with Crippen LogP contribution in [0.5, 0.6) is 0 Å². The number of unbranched alkanes of at least 4 members (excludes halogenated alkanes) is 1. The Morgan fingerprint density at radius 2 is 1.88 bits per heavy atom. The van der Waals surface area contributed by atoms with Gasteiger partial charge < -0.3 is 4.74 Å². The molecule has 0 aliphatic carbocycles. The van der Waals surface area contributed by atoms with Gasteiger partial charge in [-0.3, -0.25) is 0 Å². The summed E-state index contributed by atoms with van der Waals surface area (Å²) in [5, 5.41) is 0. The van der Waals surface area contributed by atoms with Crippen LogP contribution < -0.4 is 0 Å². The molecule has 0 aliphatic heterocycles. The molecule has 2 heteroatoms. The van der Waals surface area contributed by atoms with E-state index in [4.69, 9.17) is 16.3 Å². The van der Waals surface area contributed by atoms with Gasteiger partial charge >= 0.3 is 0 Å². The van der Waals surface area contributed by atoms with E-state index in [1.165, 1.54) is 17.5 Å². The second kappa shape index (κ2) is 7.70. The minimum atomic E-state index is 0.485. The number of benzene rings is 1. The highest BCUT2D eigenvalue weighted by Gasteiger charge is 2.09. The number of alkyl halides is 1. The molecule has 0 bridgehead atoms. The Balaban J connectivity index is 2.44. The van der Waals surface area contributed by atoms with E-state index in [-0.39, 0.29) is 0 Å². The van der Waals surface area contributed by atoms with E-state index in [1.54, 1.807) is 7.11 Å². The molecule has 1 unspecified atom stereocenters. The van der Waals surface area contributed by atoms with Crippen molar-refractivity contribution in [1.82, 2.24) is 0 Å². The lowest BCUT2D eigenvalue weighted by molar-refractivity contribution is 0.191. The van der Waals surface area contributed by atoms with Crippen LogP contribution in [0.2, 0.25) is 0 Å². The Kier molecular flexibility index (Phi) is 6.51. The SMILES string of the molecule is COCCCCC(CCl)c1ccc(C)cc1. The lowest BCUT2D eigenvalue weighted by Crippen LogP contribution is -2.01. The number of rotatable bonds is 7. The van der Waals surface area contributed by atoms with E-state index in [0.717, 1.165) is 19.4 Å². The molecule has 1 aromatic rings. The van der Waals surface area contributed by atoms with Gasteiger partial charge in [0.2, 0.25) is 0 Å². The van der Waals surface area contributed by atoms with E-state index in [2.05, 4.69) is 31.2 Å². The van der Waals surface area contributed by atoms with Gasteiger partial charge in [0, 0.05) is 19.6 Å². The third kappa shape index (κ3) is 4.54. The van der Waals surface area contributed by atoms with Crippen LogP contribution in [0.4, 0.5) is 0 Å². The molecule has 0 aromatic heterocycles. The maximum absolute atomic E-state index is 6.02. The van der Waals surface area contributed by atoms with Gasteiger partial charge in [-0.2, -0.15) is 0 Å². The van der Waals surface area contributed by atoms with E-state index < -0.39 is 0 Å². The highest BCUT2D eigenvalue weighted by Crippen LogP contribution is 2.23. The largest absolute Gasteiger partial charge is 0.385 e. The maximum Gasteiger partial charge on any atom is 0.0462 e. The molecule has 0 saturated carbocycles. The fraction of sp³-hybridized carbons (Fsp3) is 0.571. The van der Waals surface area contributed by atoms with Crippen LogP contribution in [-0.4, -0.2) is 19.6 Å². The van der Waals surface area contributed by atoms with Gasteiger partial charge in [0.15, 0.2) is 0 Å². The smallest absolute Gasteiger partial charge is 0.0462 e. The molecule has 1 rings (SSSR count). The third-order valence-electron chi connectivity index (χ3n) is 2.89. The number of hydrogen-bond donors (Lipinski definition) is 0. The van der Waals surface area contributed by atoms with Crippen LogP contribution >= 0.6 is 11.6 Å². The van der Waals surface area contributed by atoms with E-state index in [9.17, 15) is 0 Å². The highest BCUT2D eigenvalue weighted by molar-refractivity contribution is 6.18. The van der Waals surface area contributed by atoms with Crippen molar-refractivity contribution in [1.29, 1.82) is 0 Å². The molecule has 1 aromatic carbocycles. The van der Waals surface area contributed by atoms with E-state index in [1.807, 2.05) is 0 Å². The first-order valence-electron chi connectivity index (χ1n) is 5.89. The number of halogens is 1. The highest BCUT2D eigenvalue weighted by atomic mass is 35.5. The first-order valence-corrected chi connectivity index (χ1v) is 6.43. The van der Waals surface area contributed by atoms with Gasteiger partial charge in [-0.15, -0.1) is 11.6 Å². The quantitative estimate of drug-likeness (QED) is 0.514. The van der Waals surface area contributed by atoms with Crippen LogP contribution in [-0.2, 0) is 4.74 Å². The van der Waals surface area contributed by atoms with Gasteiger partial charge in [0.05, 0.1) is 0 Å². The second-order valence-electron chi connectivity index (χ2n) is 4.25. The molecule has 0 fully saturated rings. The molecule has 1 nitrogen and oxygen atoms in total. The molecule has 90 valence electrons.